The molecule has 8 heteroatoms. The third-order valence-electron chi connectivity index (χ3n) is 6.40. The number of hydrogen-bond donors (Lipinski definition) is 3. The number of hydrogen-bond acceptors (Lipinski definition) is 4. The number of H-pyrrole nitrogens is 2. The number of aromatic amines is 2. The van der Waals surface area contributed by atoms with Gasteiger partial charge in [-0.3, -0.25) is 19.7 Å². The fourth-order valence-corrected chi connectivity index (χ4v) is 4.71. The molecule has 3 aromatic heterocycles. The lowest BCUT2D eigenvalue weighted by Gasteiger charge is -2.35. The number of carbonyl (C=O) groups excluding carboxylic acids is 2. The Kier molecular flexibility index (Phi) is 6.38. The van der Waals surface area contributed by atoms with Crippen LogP contribution in [-0.4, -0.2) is 43.4 Å². The molecule has 1 aromatic carbocycles. The van der Waals surface area contributed by atoms with Crippen LogP contribution in [0.1, 0.15) is 48.7 Å². The number of aryl methyl sites for hydroxylation is 1. The average Bonchev–Trinajstić information content (AvgIpc) is 3.55. The molecule has 3 N–H and O–H groups in total. The number of piperidine rings is 1. The number of carbonyl (C=O) groups is 2. The van der Waals surface area contributed by atoms with Crippen molar-refractivity contribution in [3.63, 3.8) is 0 Å². The van der Waals surface area contributed by atoms with Gasteiger partial charge in [0.1, 0.15) is 0 Å². The van der Waals surface area contributed by atoms with Gasteiger partial charge in [0.05, 0.1) is 23.7 Å². The van der Waals surface area contributed by atoms with Crippen LogP contribution in [-0.2, 0) is 22.4 Å². The Morgan fingerprint density at radius 1 is 1.12 bits per heavy atom. The molecule has 4 heterocycles. The summed E-state index contributed by atoms with van der Waals surface area (Å²) >= 11 is 0. The Bertz CT molecular complexity index is 1270. The highest BCUT2D eigenvalue weighted by Crippen LogP contribution is 2.31. The predicted molar refractivity (Wildman–Crippen MR) is 130 cm³/mol. The first-order valence-corrected chi connectivity index (χ1v) is 11.8. The largest absolute Gasteiger partial charge is 0.365 e. The van der Waals surface area contributed by atoms with Crippen LogP contribution in [0.2, 0.25) is 0 Å². The third kappa shape index (κ3) is 4.85. The predicted octanol–water partition coefficient (Wildman–Crippen LogP) is 4.15. The van der Waals surface area contributed by atoms with E-state index in [1.807, 2.05) is 59.6 Å². The zero-order valence-electron chi connectivity index (χ0n) is 19.0. The van der Waals surface area contributed by atoms with Gasteiger partial charge in [-0.1, -0.05) is 18.2 Å². The SMILES string of the molecule is O=C(Cc1cccc2ncccc12)Nc1cc(C2CCCCN2C(=O)CCc2ccc[nH]2)[nH]n1. The lowest BCUT2D eigenvalue weighted by Crippen LogP contribution is -2.38. The first-order chi connectivity index (χ1) is 16.7. The van der Waals surface area contributed by atoms with Crippen molar-refractivity contribution in [1.29, 1.82) is 0 Å². The smallest absolute Gasteiger partial charge is 0.230 e. The van der Waals surface area contributed by atoms with Gasteiger partial charge in [-0.2, -0.15) is 5.10 Å². The summed E-state index contributed by atoms with van der Waals surface area (Å²) in [5, 5.41) is 11.2. The molecule has 1 unspecified atom stereocenters. The number of benzene rings is 1. The van der Waals surface area contributed by atoms with Crippen LogP contribution in [0.3, 0.4) is 0 Å². The Hall–Kier alpha value is -3.94. The van der Waals surface area contributed by atoms with Gasteiger partial charge in [-0.15, -0.1) is 0 Å². The lowest BCUT2D eigenvalue weighted by molar-refractivity contribution is -0.135. The topological polar surface area (TPSA) is 107 Å². The zero-order chi connectivity index (χ0) is 23.3. The van der Waals surface area contributed by atoms with Crippen LogP contribution in [0.4, 0.5) is 5.82 Å². The van der Waals surface area contributed by atoms with E-state index >= 15 is 0 Å². The lowest BCUT2D eigenvalue weighted by atomic mass is 9.98. The Morgan fingerprint density at radius 3 is 2.94 bits per heavy atom. The molecule has 0 saturated carbocycles. The number of rotatable bonds is 7. The first kappa shape index (κ1) is 21.9. The Morgan fingerprint density at radius 2 is 2.06 bits per heavy atom. The number of fused-ring (bicyclic) bond motifs is 1. The number of nitrogens with one attached hydrogen (secondary N) is 3. The molecule has 4 aromatic rings. The molecule has 1 aliphatic heterocycles. The second-order valence-corrected chi connectivity index (χ2v) is 8.71. The Balaban J connectivity index is 1.23. The summed E-state index contributed by atoms with van der Waals surface area (Å²) in [4.78, 5) is 35.2. The molecule has 0 bridgehead atoms. The van der Waals surface area contributed by atoms with E-state index < -0.39 is 0 Å². The number of amides is 2. The summed E-state index contributed by atoms with van der Waals surface area (Å²) < 4.78 is 0. The maximum Gasteiger partial charge on any atom is 0.230 e. The van der Waals surface area contributed by atoms with E-state index in [9.17, 15) is 9.59 Å². The van der Waals surface area contributed by atoms with Gasteiger partial charge in [0.15, 0.2) is 5.82 Å². The van der Waals surface area contributed by atoms with Crippen LogP contribution in [0, 0.1) is 0 Å². The second-order valence-electron chi connectivity index (χ2n) is 8.71. The highest BCUT2D eigenvalue weighted by Gasteiger charge is 2.29. The molecule has 1 fully saturated rings. The van der Waals surface area contributed by atoms with Gasteiger partial charge in [0.2, 0.25) is 11.8 Å². The van der Waals surface area contributed by atoms with Crippen molar-refractivity contribution in [1.82, 2.24) is 25.1 Å². The van der Waals surface area contributed by atoms with Crippen molar-refractivity contribution in [2.24, 2.45) is 0 Å². The molecule has 8 nitrogen and oxygen atoms in total. The van der Waals surface area contributed by atoms with E-state index in [0.29, 0.717) is 18.7 Å². The van der Waals surface area contributed by atoms with Gasteiger partial charge in [0.25, 0.3) is 0 Å². The summed E-state index contributed by atoms with van der Waals surface area (Å²) in [5.41, 5.74) is 3.71. The number of pyridine rings is 1. The van der Waals surface area contributed by atoms with Crippen molar-refractivity contribution >= 4 is 28.5 Å². The van der Waals surface area contributed by atoms with E-state index in [1.54, 1.807) is 6.20 Å². The van der Waals surface area contributed by atoms with Crippen LogP contribution in [0.25, 0.3) is 10.9 Å². The molecule has 1 aliphatic rings. The van der Waals surface area contributed by atoms with Crippen molar-refractivity contribution in [3.8, 4) is 0 Å². The summed E-state index contributed by atoms with van der Waals surface area (Å²) in [6.45, 7) is 0.740. The van der Waals surface area contributed by atoms with Crippen LogP contribution in [0.5, 0.6) is 0 Å². The molecule has 1 atom stereocenters. The molecule has 0 spiro atoms. The summed E-state index contributed by atoms with van der Waals surface area (Å²) in [6, 6.07) is 15.4. The highest BCUT2D eigenvalue weighted by molar-refractivity contribution is 5.94. The normalized spacial score (nSPS) is 16.0. The van der Waals surface area contributed by atoms with Gasteiger partial charge >= 0.3 is 0 Å². The first-order valence-electron chi connectivity index (χ1n) is 11.8. The number of anilines is 1. The molecule has 174 valence electrons. The van der Waals surface area contributed by atoms with E-state index in [4.69, 9.17) is 0 Å². The standard InChI is InChI=1S/C26H28N6O2/c33-25(16-18-6-3-9-21-20(18)8-5-14-28-21)29-24-17-22(30-31-24)23-10-1-2-15-32(23)26(34)12-11-19-7-4-13-27-19/h3-9,13-14,17,23,27H,1-2,10-12,15-16H2,(H2,29,30,31,33). The minimum Gasteiger partial charge on any atom is -0.365 e. The molecular formula is C26H28N6O2. The zero-order valence-corrected chi connectivity index (χ0v) is 19.0. The Labute approximate surface area is 197 Å². The van der Waals surface area contributed by atoms with Gasteiger partial charge in [0, 0.05) is 42.5 Å². The second kappa shape index (κ2) is 9.91. The molecule has 0 radical (unpaired) electrons. The van der Waals surface area contributed by atoms with Gasteiger partial charge in [-0.05, 0) is 55.5 Å². The van der Waals surface area contributed by atoms with Crippen molar-refractivity contribution < 1.29 is 9.59 Å². The van der Waals surface area contributed by atoms with Crippen molar-refractivity contribution in [2.75, 3.05) is 11.9 Å². The molecule has 5 rings (SSSR count). The summed E-state index contributed by atoms with van der Waals surface area (Å²) in [5.74, 6) is 0.476. The van der Waals surface area contributed by atoms with E-state index in [-0.39, 0.29) is 24.3 Å². The molecule has 0 aliphatic carbocycles. The average molecular weight is 457 g/mol. The maximum absolute atomic E-state index is 13.0. The van der Waals surface area contributed by atoms with Gasteiger partial charge in [-0.25, -0.2) is 0 Å². The van der Waals surface area contributed by atoms with E-state index in [0.717, 1.165) is 53.7 Å². The fraction of sp³-hybridized carbons (Fsp3) is 0.308. The van der Waals surface area contributed by atoms with Crippen LogP contribution in [0.15, 0.2) is 60.9 Å². The highest BCUT2D eigenvalue weighted by atomic mass is 16.2. The van der Waals surface area contributed by atoms with Gasteiger partial charge < -0.3 is 15.2 Å². The number of nitrogens with zero attached hydrogens (tertiary/aromatic N) is 3. The molecule has 1 saturated heterocycles. The van der Waals surface area contributed by atoms with E-state index in [2.05, 4.69) is 25.5 Å². The quantitative estimate of drug-likeness (QED) is 0.388. The molecular weight excluding hydrogens is 428 g/mol. The van der Waals surface area contributed by atoms with E-state index in [1.165, 1.54) is 0 Å². The van der Waals surface area contributed by atoms with Crippen LogP contribution < -0.4 is 5.32 Å². The minimum absolute atomic E-state index is 0.0489. The maximum atomic E-state index is 13.0. The third-order valence-corrected chi connectivity index (χ3v) is 6.40. The monoisotopic (exact) mass is 456 g/mol. The molecule has 2 amide bonds. The molecule has 34 heavy (non-hydrogen) atoms. The summed E-state index contributed by atoms with van der Waals surface area (Å²) in [7, 11) is 0. The van der Waals surface area contributed by atoms with Crippen molar-refractivity contribution in [2.45, 2.75) is 44.6 Å². The minimum atomic E-state index is -0.142. The number of aromatic nitrogens is 4. The van der Waals surface area contributed by atoms with Crippen LogP contribution >= 0.6 is 0 Å². The fourth-order valence-electron chi connectivity index (χ4n) is 4.71. The number of likely N-dealkylation sites (tertiary alicyclic amines) is 1. The summed E-state index contributed by atoms with van der Waals surface area (Å²) in [6.07, 6.45) is 7.96. The van der Waals surface area contributed by atoms with Crippen molar-refractivity contribution in [3.05, 3.63) is 77.9 Å².